The van der Waals surface area contributed by atoms with Crippen LogP contribution < -0.4 is 0 Å². The molecule has 2 fully saturated rings. The standard InChI is InChI=1S/C17H23N3O2S/c21-16-12-4-1-5-13(16)11-20(10-12)8-2-7-15-18-17(19-22-15)14-6-3-9-23-14/h3,6,9,12-13,16,21H,1-2,4-5,7-8,10-11H2. The first-order valence-corrected chi connectivity index (χ1v) is 9.44. The first-order valence-electron chi connectivity index (χ1n) is 8.56. The molecule has 2 aromatic heterocycles. The van der Waals surface area contributed by atoms with E-state index in [9.17, 15) is 5.11 Å². The fraction of sp³-hybridized carbons (Fsp3) is 0.647. The minimum absolute atomic E-state index is 0.0655. The van der Waals surface area contributed by atoms with Crippen LogP contribution in [0, 0.1) is 11.8 Å². The van der Waals surface area contributed by atoms with E-state index in [1.165, 1.54) is 19.3 Å². The Labute approximate surface area is 140 Å². The summed E-state index contributed by atoms with van der Waals surface area (Å²) in [6.07, 6.45) is 5.44. The second-order valence-electron chi connectivity index (χ2n) is 6.79. The average molecular weight is 333 g/mol. The van der Waals surface area contributed by atoms with Crippen molar-refractivity contribution in [2.45, 2.75) is 38.2 Å². The zero-order valence-electron chi connectivity index (χ0n) is 13.2. The second-order valence-corrected chi connectivity index (χ2v) is 7.74. The van der Waals surface area contributed by atoms with E-state index in [1.54, 1.807) is 11.3 Å². The number of likely N-dealkylation sites (tertiary alicyclic amines) is 1. The van der Waals surface area contributed by atoms with Gasteiger partial charge in [-0.2, -0.15) is 4.98 Å². The van der Waals surface area contributed by atoms with Gasteiger partial charge in [-0.05, 0) is 49.1 Å². The fourth-order valence-electron chi connectivity index (χ4n) is 4.00. The monoisotopic (exact) mass is 333 g/mol. The Balaban J connectivity index is 1.27. The van der Waals surface area contributed by atoms with Crippen molar-refractivity contribution in [2.24, 2.45) is 11.8 Å². The number of aliphatic hydroxyl groups is 1. The van der Waals surface area contributed by atoms with Crippen molar-refractivity contribution < 1.29 is 9.63 Å². The molecular weight excluding hydrogens is 310 g/mol. The molecule has 2 unspecified atom stereocenters. The van der Waals surface area contributed by atoms with E-state index >= 15 is 0 Å². The van der Waals surface area contributed by atoms with Gasteiger partial charge in [0.1, 0.15) is 0 Å². The van der Waals surface area contributed by atoms with Crippen LogP contribution in [-0.2, 0) is 6.42 Å². The summed E-state index contributed by atoms with van der Waals surface area (Å²) in [6.45, 7) is 3.14. The van der Waals surface area contributed by atoms with Crippen molar-refractivity contribution >= 4 is 11.3 Å². The van der Waals surface area contributed by atoms with Crippen molar-refractivity contribution in [1.29, 1.82) is 0 Å². The van der Waals surface area contributed by atoms with Crippen molar-refractivity contribution in [1.82, 2.24) is 15.0 Å². The van der Waals surface area contributed by atoms with E-state index in [0.29, 0.717) is 17.7 Å². The highest BCUT2D eigenvalue weighted by molar-refractivity contribution is 7.13. The summed E-state index contributed by atoms with van der Waals surface area (Å²) < 4.78 is 5.36. The number of aryl methyl sites for hydroxylation is 1. The molecule has 0 spiro atoms. The normalized spacial score (nSPS) is 28.1. The molecule has 2 atom stereocenters. The van der Waals surface area contributed by atoms with Crippen molar-refractivity contribution in [3.05, 3.63) is 23.4 Å². The Morgan fingerprint density at radius 1 is 1.30 bits per heavy atom. The third kappa shape index (κ3) is 3.34. The summed E-state index contributed by atoms with van der Waals surface area (Å²) >= 11 is 1.63. The van der Waals surface area contributed by atoms with Gasteiger partial charge in [0, 0.05) is 19.5 Å². The number of fused-ring (bicyclic) bond motifs is 2. The largest absolute Gasteiger partial charge is 0.392 e. The van der Waals surface area contributed by atoms with Crippen LogP contribution >= 0.6 is 11.3 Å². The van der Waals surface area contributed by atoms with E-state index in [4.69, 9.17) is 4.52 Å². The zero-order valence-corrected chi connectivity index (χ0v) is 14.0. The first-order chi connectivity index (χ1) is 11.3. The Kier molecular flexibility index (Phi) is 4.46. The lowest BCUT2D eigenvalue weighted by atomic mass is 9.75. The molecule has 0 aromatic carbocycles. The van der Waals surface area contributed by atoms with Gasteiger partial charge in [-0.25, -0.2) is 0 Å². The molecule has 1 aliphatic carbocycles. The Morgan fingerprint density at radius 3 is 2.87 bits per heavy atom. The van der Waals surface area contributed by atoms with Crippen LogP contribution in [0.2, 0.25) is 0 Å². The van der Waals surface area contributed by atoms with Crippen LogP contribution in [0.5, 0.6) is 0 Å². The lowest BCUT2D eigenvalue weighted by Crippen LogP contribution is -2.51. The minimum atomic E-state index is -0.0655. The van der Waals surface area contributed by atoms with E-state index in [2.05, 4.69) is 15.0 Å². The molecule has 1 aliphatic heterocycles. The summed E-state index contributed by atoms with van der Waals surface area (Å²) in [5.74, 6) is 2.39. The zero-order chi connectivity index (χ0) is 15.6. The molecule has 5 nitrogen and oxygen atoms in total. The molecule has 2 aliphatic rings. The van der Waals surface area contributed by atoms with Crippen LogP contribution in [0.1, 0.15) is 31.6 Å². The van der Waals surface area contributed by atoms with Gasteiger partial charge < -0.3 is 14.5 Å². The van der Waals surface area contributed by atoms with Crippen LogP contribution in [0.25, 0.3) is 10.7 Å². The average Bonchev–Trinajstić information content (AvgIpc) is 3.18. The second kappa shape index (κ2) is 6.71. The summed E-state index contributed by atoms with van der Waals surface area (Å²) in [5, 5.41) is 16.3. The Morgan fingerprint density at radius 2 is 2.13 bits per heavy atom. The van der Waals surface area contributed by atoms with Gasteiger partial charge in [-0.1, -0.05) is 17.6 Å². The highest BCUT2D eigenvalue weighted by Crippen LogP contribution is 2.34. The van der Waals surface area contributed by atoms with Crippen LogP contribution in [0.4, 0.5) is 0 Å². The lowest BCUT2D eigenvalue weighted by molar-refractivity contribution is -0.0494. The topological polar surface area (TPSA) is 62.4 Å². The van der Waals surface area contributed by atoms with Gasteiger partial charge in [0.15, 0.2) is 0 Å². The molecular formula is C17H23N3O2S. The molecule has 4 rings (SSSR count). The van der Waals surface area contributed by atoms with E-state index in [0.717, 1.165) is 43.2 Å². The molecule has 124 valence electrons. The lowest BCUT2D eigenvalue weighted by Gasteiger charge is -2.45. The number of aliphatic hydroxyl groups excluding tert-OH is 1. The van der Waals surface area contributed by atoms with Gasteiger partial charge >= 0.3 is 0 Å². The molecule has 2 bridgehead atoms. The maximum absolute atomic E-state index is 10.2. The first kappa shape index (κ1) is 15.3. The van der Waals surface area contributed by atoms with Crippen LogP contribution in [-0.4, -0.2) is 45.9 Å². The third-order valence-electron chi connectivity index (χ3n) is 5.18. The molecule has 0 amide bonds. The predicted molar refractivity (Wildman–Crippen MR) is 89.2 cm³/mol. The molecule has 6 heteroatoms. The Bertz CT molecular complexity index is 614. The summed E-state index contributed by atoms with van der Waals surface area (Å²) in [4.78, 5) is 8.04. The van der Waals surface area contributed by atoms with E-state index in [-0.39, 0.29) is 6.10 Å². The Hall–Kier alpha value is -1.24. The number of piperidine rings is 1. The quantitative estimate of drug-likeness (QED) is 0.911. The van der Waals surface area contributed by atoms with Gasteiger partial charge in [0.25, 0.3) is 0 Å². The smallest absolute Gasteiger partial charge is 0.227 e. The highest BCUT2D eigenvalue weighted by Gasteiger charge is 2.37. The molecule has 1 saturated carbocycles. The van der Waals surface area contributed by atoms with Crippen molar-refractivity contribution in [3.63, 3.8) is 0 Å². The maximum atomic E-state index is 10.2. The molecule has 3 heterocycles. The van der Waals surface area contributed by atoms with Crippen molar-refractivity contribution in [2.75, 3.05) is 19.6 Å². The molecule has 23 heavy (non-hydrogen) atoms. The maximum Gasteiger partial charge on any atom is 0.227 e. The van der Waals surface area contributed by atoms with Gasteiger partial charge in [0.2, 0.25) is 11.7 Å². The van der Waals surface area contributed by atoms with Crippen LogP contribution in [0.15, 0.2) is 22.0 Å². The summed E-state index contributed by atoms with van der Waals surface area (Å²) in [5.41, 5.74) is 0. The predicted octanol–water partition coefficient (Wildman–Crippen LogP) is 2.82. The fourth-order valence-corrected chi connectivity index (χ4v) is 4.65. The SMILES string of the molecule is OC1C2CCCC1CN(CCCc1nc(-c3cccs3)no1)C2. The highest BCUT2D eigenvalue weighted by atomic mass is 32.1. The number of thiophene rings is 1. The summed E-state index contributed by atoms with van der Waals surface area (Å²) in [7, 11) is 0. The molecule has 1 saturated heterocycles. The molecule has 1 N–H and O–H groups in total. The van der Waals surface area contributed by atoms with Crippen LogP contribution in [0.3, 0.4) is 0 Å². The third-order valence-corrected chi connectivity index (χ3v) is 6.04. The van der Waals surface area contributed by atoms with E-state index in [1.807, 2.05) is 17.5 Å². The number of nitrogens with zero attached hydrogens (tertiary/aromatic N) is 3. The number of hydrogen-bond donors (Lipinski definition) is 1. The minimum Gasteiger partial charge on any atom is -0.392 e. The number of rotatable bonds is 5. The molecule has 2 aromatic rings. The molecule has 0 radical (unpaired) electrons. The number of hydrogen-bond acceptors (Lipinski definition) is 6. The van der Waals surface area contributed by atoms with Gasteiger partial charge in [-0.3, -0.25) is 0 Å². The summed E-state index contributed by atoms with van der Waals surface area (Å²) in [6, 6.07) is 4.01. The van der Waals surface area contributed by atoms with Crippen molar-refractivity contribution in [3.8, 4) is 10.7 Å². The van der Waals surface area contributed by atoms with Gasteiger partial charge in [0.05, 0.1) is 11.0 Å². The van der Waals surface area contributed by atoms with E-state index < -0.39 is 0 Å². The van der Waals surface area contributed by atoms with Gasteiger partial charge in [-0.15, -0.1) is 11.3 Å². The number of aromatic nitrogens is 2.